The minimum atomic E-state index is -3.76. The van der Waals surface area contributed by atoms with Gasteiger partial charge in [0, 0.05) is 5.69 Å². The van der Waals surface area contributed by atoms with E-state index in [1.807, 2.05) is 30.3 Å². The average Bonchev–Trinajstić information content (AvgIpc) is 3.66. The fraction of sp³-hybridized carbons (Fsp3) is 0.324. The van der Waals surface area contributed by atoms with E-state index in [0.717, 1.165) is 5.69 Å². The summed E-state index contributed by atoms with van der Waals surface area (Å²) < 4.78 is 43.7. The number of fused-ring (bicyclic) bond motifs is 2. The second kappa shape index (κ2) is 11.9. The van der Waals surface area contributed by atoms with Crippen LogP contribution in [0.5, 0.6) is 5.75 Å². The zero-order valence-corrected chi connectivity index (χ0v) is 25.2. The molecule has 244 valence electrons. The summed E-state index contributed by atoms with van der Waals surface area (Å²) in [5.74, 6) is -3.04. The number of alkyl halides is 2. The zero-order chi connectivity index (χ0) is 32.9. The van der Waals surface area contributed by atoms with Crippen molar-refractivity contribution in [3.8, 4) is 5.75 Å². The van der Waals surface area contributed by atoms with Gasteiger partial charge in [0.1, 0.15) is 42.3 Å². The normalized spacial score (nSPS) is 26.4. The van der Waals surface area contributed by atoms with Crippen LogP contribution in [-0.4, -0.2) is 70.8 Å². The summed E-state index contributed by atoms with van der Waals surface area (Å²) >= 11 is 0. The Morgan fingerprint density at radius 1 is 0.957 bits per heavy atom. The number of para-hydroxylation sites is 1. The lowest BCUT2D eigenvalue weighted by molar-refractivity contribution is -0.226. The molecule has 11 nitrogen and oxygen atoms in total. The number of rotatable bonds is 9. The molecule has 47 heavy (non-hydrogen) atoms. The molecule has 0 spiro atoms. The highest BCUT2D eigenvalue weighted by Crippen LogP contribution is 2.56. The van der Waals surface area contributed by atoms with Crippen LogP contribution >= 0.6 is 0 Å². The molecule has 2 aliphatic rings. The Hall–Kier alpha value is -4.53. The fourth-order valence-electron chi connectivity index (χ4n) is 6.36. The van der Waals surface area contributed by atoms with E-state index in [0.29, 0.717) is 34.1 Å². The first kappa shape index (κ1) is 31.1. The molecule has 0 radical (unpaired) electrons. The van der Waals surface area contributed by atoms with Crippen molar-refractivity contribution in [2.75, 3.05) is 11.9 Å². The highest BCUT2D eigenvalue weighted by Gasteiger charge is 2.64. The Labute approximate surface area is 268 Å². The van der Waals surface area contributed by atoms with Gasteiger partial charge in [0.05, 0.1) is 12.0 Å². The van der Waals surface area contributed by atoms with Crippen molar-refractivity contribution in [1.29, 1.82) is 0 Å². The lowest BCUT2D eigenvalue weighted by atomic mass is 9.86. The maximum atomic E-state index is 15.1. The third kappa shape index (κ3) is 5.39. The Kier molecular flexibility index (Phi) is 7.89. The number of nitrogens with one attached hydrogen (secondary N) is 1. The number of ether oxygens (including phenoxy) is 2. The number of imidazole rings is 1. The molecule has 5 N–H and O–H groups in total. The molecule has 7 rings (SSSR count). The second-order valence-electron chi connectivity index (χ2n) is 11.9. The predicted octanol–water partition coefficient (Wildman–Crippen LogP) is 4.08. The van der Waals surface area contributed by atoms with Crippen LogP contribution < -0.4 is 10.1 Å². The van der Waals surface area contributed by atoms with Crippen LogP contribution in [0.15, 0.2) is 85.2 Å². The van der Waals surface area contributed by atoms with Crippen molar-refractivity contribution >= 4 is 22.8 Å². The second-order valence-corrected chi connectivity index (χ2v) is 11.9. The minimum Gasteiger partial charge on any atom is -0.491 e. The van der Waals surface area contributed by atoms with Gasteiger partial charge in [-0.15, -0.1) is 0 Å². The smallest absolute Gasteiger partial charge is 0.309 e. The van der Waals surface area contributed by atoms with Crippen LogP contribution in [0.4, 0.5) is 20.4 Å². The number of halogens is 2. The van der Waals surface area contributed by atoms with Gasteiger partial charge in [0.2, 0.25) is 5.95 Å². The first-order valence-corrected chi connectivity index (χ1v) is 15.2. The number of anilines is 2. The van der Waals surface area contributed by atoms with Crippen molar-refractivity contribution in [2.24, 2.45) is 0 Å². The molecule has 0 bridgehead atoms. The molecule has 5 aromatic rings. The fourth-order valence-corrected chi connectivity index (χ4v) is 6.36. The van der Waals surface area contributed by atoms with E-state index < -0.39 is 42.2 Å². The molecule has 1 aliphatic carbocycles. The third-order valence-electron chi connectivity index (χ3n) is 8.92. The van der Waals surface area contributed by atoms with Crippen molar-refractivity contribution < 1.29 is 38.7 Å². The number of aliphatic hydroxyl groups is 4. The number of nitrogens with zero attached hydrogens (tertiary/aromatic N) is 4. The molecule has 1 fully saturated rings. The Morgan fingerprint density at radius 2 is 1.72 bits per heavy atom. The van der Waals surface area contributed by atoms with Gasteiger partial charge in [-0.25, -0.2) is 9.97 Å². The molecule has 1 saturated heterocycles. The molecule has 2 aromatic heterocycles. The predicted molar refractivity (Wildman–Crippen MR) is 166 cm³/mol. The van der Waals surface area contributed by atoms with E-state index in [2.05, 4.69) is 20.3 Å². The van der Waals surface area contributed by atoms with Crippen LogP contribution in [-0.2, 0) is 16.8 Å². The van der Waals surface area contributed by atoms with Crippen LogP contribution in [0, 0.1) is 6.92 Å². The van der Waals surface area contributed by atoms with Gasteiger partial charge in [-0.1, -0.05) is 54.6 Å². The van der Waals surface area contributed by atoms with E-state index in [-0.39, 0.29) is 30.6 Å². The Balaban J connectivity index is 1.03. The number of benzene rings is 3. The van der Waals surface area contributed by atoms with Gasteiger partial charge in [0.25, 0.3) is 0 Å². The molecular formula is C34H33F2N5O6. The molecule has 6 atom stereocenters. The lowest BCUT2D eigenvalue weighted by Crippen LogP contribution is -2.44. The van der Waals surface area contributed by atoms with Crippen LogP contribution in [0.25, 0.3) is 11.2 Å². The van der Waals surface area contributed by atoms with Gasteiger partial charge in [0.15, 0.2) is 17.5 Å². The highest BCUT2D eigenvalue weighted by molar-refractivity contribution is 5.75. The number of aliphatic hydroxyl groups excluding tert-OH is 3. The molecule has 3 heterocycles. The monoisotopic (exact) mass is 645 g/mol. The van der Waals surface area contributed by atoms with E-state index >= 15 is 8.78 Å². The summed E-state index contributed by atoms with van der Waals surface area (Å²) in [6.45, 7) is 1.67. The van der Waals surface area contributed by atoms with Gasteiger partial charge in [-0.05, 0) is 60.7 Å². The lowest BCUT2D eigenvalue weighted by Gasteiger charge is -2.32. The molecular weight excluding hydrogens is 612 g/mol. The first-order valence-electron chi connectivity index (χ1n) is 15.2. The highest BCUT2D eigenvalue weighted by atomic mass is 19.3. The van der Waals surface area contributed by atoms with E-state index in [9.17, 15) is 20.4 Å². The van der Waals surface area contributed by atoms with Gasteiger partial charge < -0.3 is 35.2 Å². The number of aryl methyl sites for hydroxylation is 2. The molecule has 13 heteroatoms. The first-order chi connectivity index (χ1) is 22.6. The Bertz CT molecular complexity index is 1910. The molecule has 1 unspecified atom stereocenters. The van der Waals surface area contributed by atoms with Crippen molar-refractivity contribution in [3.05, 3.63) is 108 Å². The van der Waals surface area contributed by atoms with Crippen molar-refractivity contribution in [3.63, 3.8) is 0 Å². The number of hydrogen-bond acceptors (Lipinski definition) is 10. The van der Waals surface area contributed by atoms with Crippen molar-refractivity contribution in [1.82, 2.24) is 19.5 Å². The topological polar surface area (TPSA) is 155 Å². The van der Waals surface area contributed by atoms with Crippen molar-refractivity contribution in [2.45, 2.75) is 61.9 Å². The van der Waals surface area contributed by atoms with Gasteiger partial charge in [-0.3, -0.25) is 4.57 Å². The van der Waals surface area contributed by atoms with Crippen LogP contribution in [0.1, 0.15) is 41.1 Å². The zero-order valence-electron chi connectivity index (χ0n) is 25.2. The summed E-state index contributed by atoms with van der Waals surface area (Å²) in [6, 6.07) is 22.1. The molecule has 3 aromatic carbocycles. The van der Waals surface area contributed by atoms with E-state index in [4.69, 9.17) is 9.47 Å². The summed E-state index contributed by atoms with van der Waals surface area (Å²) in [5, 5.41) is 46.3. The summed E-state index contributed by atoms with van der Waals surface area (Å²) in [6.07, 6.45) is -5.43. The SMILES string of the molecule is Cc1nc(Nc2ccccc2)nc2c1ncn2[C@@H]1O[C@H](COc2cccc(CC[C@]3(O)c4ccccc4C(O)C3(F)F)c2)[C@@H](O)[C@H]1O. The minimum absolute atomic E-state index is 0.0151. The maximum absolute atomic E-state index is 15.1. The summed E-state index contributed by atoms with van der Waals surface area (Å²) in [7, 11) is 0. The van der Waals surface area contributed by atoms with Gasteiger partial charge >= 0.3 is 5.92 Å². The quantitative estimate of drug-likeness (QED) is 0.158. The molecule has 1 aliphatic heterocycles. The van der Waals surface area contributed by atoms with E-state index in [1.54, 1.807) is 47.9 Å². The molecule has 0 saturated carbocycles. The number of hydrogen-bond donors (Lipinski definition) is 5. The van der Waals surface area contributed by atoms with Crippen LogP contribution in [0.2, 0.25) is 0 Å². The number of aromatic nitrogens is 4. The largest absolute Gasteiger partial charge is 0.491 e. The summed E-state index contributed by atoms with van der Waals surface area (Å²) in [4.78, 5) is 13.5. The average molecular weight is 646 g/mol. The summed E-state index contributed by atoms with van der Waals surface area (Å²) in [5.41, 5.74) is 0.453. The third-order valence-corrected chi connectivity index (χ3v) is 8.92. The maximum Gasteiger partial charge on any atom is 0.309 e. The van der Waals surface area contributed by atoms with E-state index in [1.165, 1.54) is 18.5 Å². The molecule has 0 amide bonds. The van der Waals surface area contributed by atoms with Crippen LogP contribution in [0.3, 0.4) is 0 Å². The van der Waals surface area contributed by atoms with Gasteiger partial charge in [-0.2, -0.15) is 13.8 Å². The standard InChI is InChI=1S/C34H33F2N5O6/c1-19-26-30(40-32(38-19)39-21-9-3-2-4-10-21)41(18-37-26)31-28(43)27(42)25(47-31)17-46-22-11-7-8-20(16-22)14-15-33(45)24-13-6-5-12-23(24)29(44)34(33,35)36/h2-13,16,18,25,27-29,31,42-45H,14-15,17H2,1H3,(H,38,39,40)/t25-,27-,28-,29?,31-,33+/m1/s1. The Morgan fingerprint density at radius 3 is 2.53 bits per heavy atom.